The quantitative estimate of drug-likeness (QED) is 0.358. The normalized spacial score (nSPS) is 11.9. The number of fused-ring (bicyclic) bond motifs is 1. The van der Waals surface area contributed by atoms with Crippen molar-refractivity contribution in [3.05, 3.63) is 106 Å². The molecule has 0 saturated carbocycles. The molecule has 4 rings (SSSR count). The second kappa shape index (κ2) is 8.79. The number of nitrogens with zero attached hydrogens (tertiary/aromatic N) is 1. The number of aromatic nitrogens is 2. The summed E-state index contributed by atoms with van der Waals surface area (Å²) in [4.78, 5) is 41.6. The van der Waals surface area contributed by atoms with Gasteiger partial charge in [-0.1, -0.05) is 24.3 Å². The summed E-state index contributed by atoms with van der Waals surface area (Å²) >= 11 is 0. The van der Waals surface area contributed by atoms with Gasteiger partial charge in [-0.05, 0) is 48.4 Å². The first kappa shape index (κ1) is 20.3. The van der Waals surface area contributed by atoms with Crippen molar-refractivity contribution in [2.45, 2.75) is 12.5 Å². The molecule has 0 bridgehead atoms. The van der Waals surface area contributed by atoms with E-state index in [1.165, 1.54) is 30.5 Å². The fraction of sp³-hybridized carbons (Fsp3) is 0.125. The van der Waals surface area contributed by atoms with Gasteiger partial charge in [0.05, 0.1) is 0 Å². The van der Waals surface area contributed by atoms with Crippen molar-refractivity contribution in [2.75, 3.05) is 6.54 Å². The molecule has 2 N–H and O–H groups in total. The molecule has 0 radical (unpaired) electrons. The summed E-state index contributed by atoms with van der Waals surface area (Å²) in [6.45, 7) is 0.287. The van der Waals surface area contributed by atoms with E-state index in [9.17, 15) is 18.8 Å². The number of carbonyl (C=O) groups is 2. The van der Waals surface area contributed by atoms with Gasteiger partial charge >= 0.3 is 0 Å². The summed E-state index contributed by atoms with van der Waals surface area (Å²) in [5.41, 5.74) is 1.71. The monoisotopic (exact) mass is 417 g/mol. The highest BCUT2D eigenvalue weighted by Gasteiger charge is 2.30. The van der Waals surface area contributed by atoms with E-state index in [0.29, 0.717) is 6.42 Å². The molecule has 0 aliphatic heterocycles. The van der Waals surface area contributed by atoms with Gasteiger partial charge in [-0.25, -0.2) is 4.39 Å². The largest absolute Gasteiger partial charge is 0.361 e. The highest BCUT2D eigenvalue weighted by molar-refractivity contribution is 6.11. The third-order valence-electron chi connectivity index (χ3n) is 5.12. The van der Waals surface area contributed by atoms with Crippen LogP contribution in [0.2, 0.25) is 0 Å². The Hall–Kier alpha value is -4.00. The first-order chi connectivity index (χ1) is 15.0. The lowest BCUT2D eigenvalue weighted by Crippen LogP contribution is -2.41. The highest BCUT2D eigenvalue weighted by atomic mass is 19.1. The van der Waals surface area contributed by atoms with Crippen LogP contribution < -0.4 is 10.9 Å². The Morgan fingerprint density at radius 1 is 1.00 bits per heavy atom. The number of nitrogens with one attached hydrogen (secondary N) is 2. The number of ketones is 1. The lowest BCUT2D eigenvalue weighted by molar-refractivity contribution is -0.123. The standard InChI is InChI=1S/C24H20FN3O3/c25-18-10-8-16(9-11-18)23(30)22(28-14-4-3-7-21(28)29)24(31)26-13-12-17-15-27-20-6-2-1-5-19(17)20/h1-11,14-15,22,27H,12-13H2,(H,26,31). The number of rotatable bonds is 7. The number of hydrogen-bond acceptors (Lipinski definition) is 3. The summed E-state index contributed by atoms with van der Waals surface area (Å²) in [5.74, 6) is -1.67. The molecule has 2 heterocycles. The first-order valence-corrected chi connectivity index (χ1v) is 9.84. The van der Waals surface area contributed by atoms with Crippen molar-refractivity contribution < 1.29 is 14.0 Å². The molecule has 1 amide bonds. The van der Waals surface area contributed by atoms with E-state index in [-0.39, 0.29) is 12.1 Å². The van der Waals surface area contributed by atoms with Gasteiger partial charge in [-0.2, -0.15) is 0 Å². The molecule has 0 aliphatic rings. The average Bonchev–Trinajstić information content (AvgIpc) is 3.19. The molecule has 31 heavy (non-hydrogen) atoms. The maximum absolute atomic E-state index is 13.3. The van der Waals surface area contributed by atoms with Crippen LogP contribution in [-0.4, -0.2) is 27.8 Å². The third kappa shape index (κ3) is 4.30. The molecule has 1 atom stereocenters. The summed E-state index contributed by atoms with van der Waals surface area (Å²) in [5, 5.41) is 3.83. The predicted octanol–water partition coefficient (Wildman–Crippen LogP) is 3.25. The molecular formula is C24H20FN3O3. The number of hydrogen-bond donors (Lipinski definition) is 2. The number of carbonyl (C=O) groups excluding carboxylic acids is 2. The molecule has 0 fully saturated rings. The topological polar surface area (TPSA) is 84.0 Å². The summed E-state index contributed by atoms with van der Waals surface area (Å²) in [7, 11) is 0. The van der Waals surface area contributed by atoms with Crippen LogP contribution in [0.15, 0.2) is 83.9 Å². The van der Waals surface area contributed by atoms with Crippen molar-refractivity contribution in [3.63, 3.8) is 0 Å². The zero-order valence-electron chi connectivity index (χ0n) is 16.5. The van der Waals surface area contributed by atoms with Crippen molar-refractivity contribution in [2.24, 2.45) is 0 Å². The van der Waals surface area contributed by atoms with Gasteiger partial charge in [0.25, 0.3) is 11.5 Å². The number of Topliss-reactive ketones (excluding diaryl/α,β-unsaturated/α-hetero) is 1. The lowest BCUT2D eigenvalue weighted by atomic mass is 10.0. The number of aromatic amines is 1. The minimum Gasteiger partial charge on any atom is -0.361 e. The maximum Gasteiger partial charge on any atom is 0.251 e. The number of amides is 1. The molecule has 2 aromatic carbocycles. The number of H-pyrrole nitrogens is 1. The second-order valence-corrected chi connectivity index (χ2v) is 7.12. The third-order valence-corrected chi connectivity index (χ3v) is 5.12. The van der Waals surface area contributed by atoms with E-state index in [1.54, 1.807) is 6.07 Å². The molecule has 1 unspecified atom stereocenters. The highest BCUT2D eigenvalue weighted by Crippen LogP contribution is 2.18. The number of pyridine rings is 1. The molecular weight excluding hydrogens is 397 g/mol. The fourth-order valence-electron chi connectivity index (χ4n) is 3.55. The minimum atomic E-state index is -1.39. The Labute approximate surface area is 177 Å². The molecule has 7 heteroatoms. The number of halogens is 1. The minimum absolute atomic E-state index is 0.147. The SMILES string of the molecule is O=C(NCCc1c[nH]c2ccccc12)C(C(=O)c1ccc(F)cc1)n1ccccc1=O. The van der Waals surface area contributed by atoms with Gasteiger partial charge in [-0.3, -0.25) is 19.0 Å². The van der Waals surface area contributed by atoms with Crippen molar-refractivity contribution in [3.8, 4) is 0 Å². The van der Waals surface area contributed by atoms with E-state index in [0.717, 1.165) is 33.2 Å². The van der Waals surface area contributed by atoms with Crippen molar-refractivity contribution in [1.29, 1.82) is 0 Å². The molecule has 0 aliphatic carbocycles. The average molecular weight is 417 g/mol. The maximum atomic E-state index is 13.3. The Bertz CT molecular complexity index is 1290. The van der Waals surface area contributed by atoms with Crippen LogP contribution in [0.1, 0.15) is 22.0 Å². The van der Waals surface area contributed by atoms with Gasteiger partial charge in [0, 0.05) is 41.5 Å². The molecule has 6 nitrogen and oxygen atoms in total. The second-order valence-electron chi connectivity index (χ2n) is 7.12. The molecule has 0 saturated heterocycles. The predicted molar refractivity (Wildman–Crippen MR) is 115 cm³/mol. The first-order valence-electron chi connectivity index (χ1n) is 9.84. The van der Waals surface area contributed by atoms with E-state index in [2.05, 4.69) is 10.3 Å². The van der Waals surface area contributed by atoms with Gasteiger partial charge in [0.15, 0.2) is 11.8 Å². The van der Waals surface area contributed by atoms with Crippen LogP contribution in [-0.2, 0) is 11.2 Å². The van der Waals surface area contributed by atoms with Crippen LogP contribution in [0.25, 0.3) is 10.9 Å². The molecule has 0 spiro atoms. The molecule has 4 aromatic rings. The zero-order chi connectivity index (χ0) is 21.8. The summed E-state index contributed by atoms with van der Waals surface area (Å²) in [6.07, 6.45) is 3.84. The van der Waals surface area contributed by atoms with Crippen LogP contribution in [0.4, 0.5) is 4.39 Å². The Morgan fingerprint density at radius 3 is 2.52 bits per heavy atom. The van der Waals surface area contributed by atoms with Gasteiger partial charge < -0.3 is 10.3 Å². The fourth-order valence-corrected chi connectivity index (χ4v) is 3.55. The molecule has 156 valence electrons. The van der Waals surface area contributed by atoms with E-state index in [1.807, 2.05) is 30.5 Å². The van der Waals surface area contributed by atoms with Gasteiger partial charge in [0.1, 0.15) is 5.82 Å². The Balaban J connectivity index is 1.55. The van der Waals surface area contributed by atoms with Crippen LogP contribution >= 0.6 is 0 Å². The molecule has 2 aromatic heterocycles. The lowest BCUT2D eigenvalue weighted by Gasteiger charge is -2.18. The van der Waals surface area contributed by atoms with Crippen LogP contribution in [0, 0.1) is 5.82 Å². The summed E-state index contributed by atoms with van der Waals surface area (Å²) in [6, 6.07) is 15.7. The number of para-hydroxylation sites is 1. The smallest absolute Gasteiger partial charge is 0.251 e. The zero-order valence-corrected chi connectivity index (χ0v) is 16.5. The van der Waals surface area contributed by atoms with Crippen LogP contribution in [0.3, 0.4) is 0 Å². The van der Waals surface area contributed by atoms with Crippen LogP contribution in [0.5, 0.6) is 0 Å². The van der Waals surface area contributed by atoms with Gasteiger partial charge in [0.2, 0.25) is 0 Å². The van der Waals surface area contributed by atoms with E-state index in [4.69, 9.17) is 0 Å². The van der Waals surface area contributed by atoms with Gasteiger partial charge in [-0.15, -0.1) is 0 Å². The number of benzene rings is 2. The van der Waals surface area contributed by atoms with E-state index >= 15 is 0 Å². The Kier molecular flexibility index (Phi) is 5.75. The van der Waals surface area contributed by atoms with E-state index < -0.39 is 29.1 Å². The van der Waals surface area contributed by atoms with Crippen molar-refractivity contribution >= 4 is 22.6 Å². The van der Waals surface area contributed by atoms with Crippen molar-refractivity contribution in [1.82, 2.24) is 14.9 Å². The summed E-state index contributed by atoms with van der Waals surface area (Å²) < 4.78 is 14.4. The Morgan fingerprint density at radius 2 is 1.74 bits per heavy atom.